The van der Waals surface area contributed by atoms with E-state index in [-0.39, 0.29) is 10.9 Å². The number of sulfonamides is 1. The minimum Gasteiger partial charge on any atom is -0.239 e. The van der Waals surface area contributed by atoms with Crippen molar-refractivity contribution in [2.45, 2.75) is 30.2 Å². The van der Waals surface area contributed by atoms with Gasteiger partial charge in [-0.25, -0.2) is 17.8 Å². The number of piperidine rings is 1. The third kappa shape index (κ3) is 3.07. The molecule has 0 N–H and O–H groups in total. The molecule has 4 rings (SSSR count). The van der Waals surface area contributed by atoms with Crippen molar-refractivity contribution in [3.8, 4) is 0 Å². The topological polar surface area (TPSA) is 50.3 Å². The van der Waals surface area contributed by atoms with Gasteiger partial charge >= 0.3 is 0 Å². The van der Waals surface area contributed by atoms with Gasteiger partial charge in [-0.05, 0) is 49.2 Å². The van der Waals surface area contributed by atoms with E-state index in [0.29, 0.717) is 6.54 Å². The van der Waals surface area contributed by atoms with Crippen LogP contribution in [0, 0.1) is 5.82 Å². The monoisotopic (exact) mass is 376 g/mol. The second-order valence-corrected chi connectivity index (χ2v) is 9.05. The lowest BCUT2D eigenvalue weighted by molar-refractivity contribution is 0.255. The molecule has 2 heterocycles. The molecule has 25 heavy (non-hydrogen) atoms. The lowest BCUT2D eigenvalue weighted by atomic mass is 10.1. The fourth-order valence-corrected chi connectivity index (χ4v) is 6.06. The van der Waals surface area contributed by atoms with Crippen LogP contribution in [0.4, 0.5) is 4.39 Å². The van der Waals surface area contributed by atoms with Crippen LogP contribution in [-0.2, 0) is 10.0 Å². The molecule has 1 unspecified atom stereocenters. The van der Waals surface area contributed by atoms with Crippen molar-refractivity contribution in [1.82, 2.24) is 9.29 Å². The first-order valence-corrected chi connectivity index (χ1v) is 10.4. The second-order valence-electron chi connectivity index (χ2n) is 6.10. The van der Waals surface area contributed by atoms with E-state index in [4.69, 9.17) is 0 Å². The van der Waals surface area contributed by atoms with Gasteiger partial charge in [-0.15, -0.1) is 11.3 Å². The third-order valence-electron chi connectivity index (χ3n) is 4.47. The highest BCUT2D eigenvalue weighted by molar-refractivity contribution is 7.89. The summed E-state index contributed by atoms with van der Waals surface area (Å²) in [6, 6.07) is 12.6. The summed E-state index contributed by atoms with van der Waals surface area (Å²) < 4.78 is 41.9. The Morgan fingerprint density at radius 2 is 1.84 bits per heavy atom. The Morgan fingerprint density at radius 3 is 2.60 bits per heavy atom. The molecule has 0 aliphatic carbocycles. The Bertz CT molecular complexity index is 966. The molecule has 0 spiro atoms. The number of fused-ring (bicyclic) bond motifs is 1. The normalized spacial score (nSPS) is 19.3. The van der Waals surface area contributed by atoms with Crippen LogP contribution < -0.4 is 0 Å². The predicted octanol–water partition coefficient (Wildman–Crippen LogP) is 4.35. The second kappa shape index (κ2) is 6.48. The van der Waals surface area contributed by atoms with Crippen LogP contribution in [0.3, 0.4) is 0 Å². The van der Waals surface area contributed by atoms with E-state index in [1.165, 1.54) is 28.6 Å². The first-order chi connectivity index (χ1) is 12.1. The number of rotatable bonds is 3. The summed E-state index contributed by atoms with van der Waals surface area (Å²) in [5.74, 6) is -0.444. The van der Waals surface area contributed by atoms with E-state index >= 15 is 0 Å². The van der Waals surface area contributed by atoms with Crippen LogP contribution in [0.25, 0.3) is 10.2 Å². The molecule has 2 aromatic carbocycles. The predicted molar refractivity (Wildman–Crippen MR) is 96.5 cm³/mol. The molecule has 0 saturated carbocycles. The SMILES string of the molecule is O=S(=O)(c1ccc(F)cc1)N1CCCCC1c1nc2ccccc2s1. The Balaban J connectivity index is 1.74. The molecule has 1 aliphatic rings. The van der Waals surface area contributed by atoms with Gasteiger partial charge in [0, 0.05) is 6.54 Å². The van der Waals surface area contributed by atoms with Gasteiger partial charge in [-0.1, -0.05) is 18.6 Å². The van der Waals surface area contributed by atoms with E-state index in [0.717, 1.165) is 34.5 Å². The molecular weight excluding hydrogens is 359 g/mol. The van der Waals surface area contributed by atoms with Gasteiger partial charge < -0.3 is 0 Å². The number of hydrogen-bond acceptors (Lipinski definition) is 4. The first-order valence-electron chi connectivity index (χ1n) is 8.18. The first kappa shape index (κ1) is 16.6. The fourth-order valence-electron chi connectivity index (χ4n) is 3.21. The summed E-state index contributed by atoms with van der Waals surface area (Å²) in [5.41, 5.74) is 0.896. The Morgan fingerprint density at radius 1 is 1.08 bits per heavy atom. The summed E-state index contributed by atoms with van der Waals surface area (Å²) in [5, 5.41) is 0.826. The maximum Gasteiger partial charge on any atom is 0.243 e. The molecule has 3 aromatic rings. The molecule has 7 heteroatoms. The summed E-state index contributed by atoms with van der Waals surface area (Å²) in [6.45, 7) is 0.459. The molecule has 1 aliphatic heterocycles. The number of aromatic nitrogens is 1. The van der Waals surface area contributed by atoms with E-state index in [2.05, 4.69) is 4.98 Å². The number of hydrogen-bond donors (Lipinski definition) is 0. The molecule has 1 aromatic heterocycles. The average Bonchev–Trinajstić information content (AvgIpc) is 3.06. The van der Waals surface area contributed by atoms with Gasteiger partial charge in [0.15, 0.2) is 0 Å². The highest BCUT2D eigenvalue weighted by Crippen LogP contribution is 2.38. The zero-order chi connectivity index (χ0) is 17.4. The highest BCUT2D eigenvalue weighted by atomic mass is 32.2. The number of para-hydroxylation sites is 1. The van der Waals surface area contributed by atoms with Crippen LogP contribution in [0.2, 0.25) is 0 Å². The molecule has 4 nitrogen and oxygen atoms in total. The molecule has 0 bridgehead atoms. The van der Waals surface area contributed by atoms with Crippen LogP contribution in [0.5, 0.6) is 0 Å². The molecule has 1 fully saturated rings. The Kier molecular flexibility index (Phi) is 4.31. The van der Waals surface area contributed by atoms with E-state index in [9.17, 15) is 12.8 Å². The van der Waals surface area contributed by atoms with Gasteiger partial charge in [0.25, 0.3) is 0 Å². The molecule has 1 atom stereocenters. The van der Waals surface area contributed by atoms with Gasteiger partial charge in [0.2, 0.25) is 10.0 Å². The molecular formula is C18H17FN2O2S2. The van der Waals surface area contributed by atoms with Gasteiger partial charge in [0.1, 0.15) is 10.8 Å². The van der Waals surface area contributed by atoms with Crippen LogP contribution >= 0.6 is 11.3 Å². The standard InChI is InChI=1S/C18H17FN2O2S2/c19-13-8-10-14(11-9-13)25(22,23)21-12-4-3-6-16(21)18-20-15-5-1-2-7-17(15)24-18/h1-2,5,7-11,16H,3-4,6,12H2. The maximum atomic E-state index is 13.2. The van der Waals surface area contributed by atoms with Crippen molar-refractivity contribution in [3.63, 3.8) is 0 Å². The lowest BCUT2D eigenvalue weighted by Crippen LogP contribution is -2.38. The number of thiazole rings is 1. The summed E-state index contributed by atoms with van der Waals surface area (Å²) >= 11 is 1.54. The van der Waals surface area contributed by atoms with Crippen molar-refractivity contribution in [2.24, 2.45) is 0 Å². The Labute approximate surface area is 150 Å². The number of nitrogens with zero attached hydrogens (tertiary/aromatic N) is 2. The van der Waals surface area contributed by atoms with Gasteiger partial charge in [-0.3, -0.25) is 0 Å². The van der Waals surface area contributed by atoms with Crippen LogP contribution in [-0.4, -0.2) is 24.3 Å². The minimum absolute atomic E-state index is 0.127. The van der Waals surface area contributed by atoms with E-state index in [1.807, 2.05) is 24.3 Å². The van der Waals surface area contributed by atoms with Crippen LogP contribution in [0.1, 0.15) is 30.3 Å². The summed E-state index contributed by atoms with van der Waals surface area (Å²) in [6.07, 6.45) is 2.54. The van der Waals surface area contributed by atoms with Gasteiger partial charge in [0.05, 0.1) is 21.2 Å². The summed E-state index contributed by atoms with van der Waals surface area (Å²) in [7, 11) is -3.68. The minimum atomic E-state index is -3.68. The molecule has 0 radical (unpaired) electrons. The fraction of sp³-hybridized carbons (Fsp3) is 0.278. The maximum absolute atomic E-state index is 13.2. The van der Waals surface area contributed by atoms with Crippen LogP contribution in [0.15, 0.2) is 53.4 Å². The third-order valence-corrected chi connectivity index (χ3v) is 7.53. The van der Waals surface area contributed by atoms with E-state index < -0.39 is 15.8 Å². The molecule has 130 valence electrons. The quantitative estimate of drug-likeness (QED) is 0.683. The molecule has 0 amide bonds. The number of halogens is 1. The smallest absolute Gasteiger partial charge is 0.239 e. The van der Waals surface area contributed by atoms with Crippen molar-refractivity contribution < 1.29 is 12.8 Å². The van der Waals surface area contributed by atoms with E-state index in [1.54, 1.807) is 11.3 Å². The van der Waals surface area contributed by atoms with Crippen molar-refractivity contribution in [3.05, 3.63) is 59.4 Å². The van der Waals surface area contributed by atoms with Crippen molar-refractivity contribution in [1.29, 1.82) is 0 Å². The lowest BCUT2D eigenvalue weighted by Gasteiger charge is -2.33. The zero-order valence-electron chi connectivity index (χ0n) is 13.4. The highest BCUT2D eigenvalue weighted by Gasteiger charge is 2.36. The average molecular weight is 376 g/mol. The molecule has 1 saturated heterocycles. The van der Waals surface area contributed by atoms with Crippen molar-refractivity contribution >= 4 is 31.6 Å². The summed E-state index contributed by atoms with van der Waals surface area (Å²) in [4.78, 5) is 4.79. The largest absolute Gasteiger partial charge is 0.243 e. The zero-order valence-corrected chi connectivity index (χ0v) is 15.1. The number of benzene rings is 2. The Hall–Kier alpha value is -1.83. The van der Waals surface area contributed by atoms with Gasteiger partial charge in [-0.2, -0.15) is 4.31 Å². The van der Waals surface area contributed by atoms with Crippen molar-refractivity contribution in [2.75, 3.05) is 6.54 Å².